The minimum Gasteiger partial charge on any atom is -0.493 e. The summed E-state index contributed by atoms with van der Waals surface area (Å²) in [7, 11) is 1.53. The van der Waals surface area contributed by atoms with Gasteiger partial charge in [-0.2, -0.15) is 0 Å². The lowest BCUT2D eigenvalue weighted by molar-refractivity contribution is -0.117. The Morgan fingerprint density at radius 2 is 2.22 bits per heavy atom. The first-order valence-corrected chi connectivity index (χ1v) is 12.5. The van der Waals surface area contributed by atoms with E-state index in [2.05, 4.69) is 20.9 Å². The van der Waals surface area contributed by atoms with E-state index < -0.39 is 0 Å². The van der Waals surface area contributed by atoms with Gasteiger partial charge in [0.2, 0.25) is 0 Å². The van der Waals surface area contributed by atoms with Crippen molar-refractivity contribution in [1.29, 1.82) is 0 Å². The van der Waals surface area contributed by atoms with Crippen LogP contribution in [0.4, 0.5) is 5.69 Å². The molecule has 1 aromatic heterocycles. The predicted octanol–water partition coefficient (Wildman–Crippen LogP) is 3.23. The fourth-order valence-electron chi connectivity index (χ4n) is 3.96. The third kappa shape index (κ3) is 6.64. The van der Waals surface area contributed by atoms with Crippen LogP contribution in [0.3, 0.4) is 0 Å². The number of benzene rings is 1. The summed E-state index contributed by atoms with van der Waals surface area (Å²) in [4.78, 5) is 17.2. The highest BCUT2D eigenvalue weighted by atomic mass is 35.5. The normalized spacial score (nSPS) is 17.8. The highest BCUT2D eigenvalue weighted by Crippen LogP contribution is 2.33. The van der Waals surface area contributed by atoms with Crippen LogP contribution in [-0.2, 0) is 20.8 Å². The van der Waals surface area contributed by atoms with Gasteiger partial charge in [0.15, 0.2) is 5.75 Å². The Morgan fingerprint density at radius 1 is 1.33 bits per heavy atom. The summed E-state index contributed by atoms with van der Waals surface area (Å²) >= 11 is 11.8. The van der Waals surface area contributed by atoms with E-state index in [0.717, 1.165) is 17.7 Å². The molecule has 1 saturated heterocycles. The molecule has 4 rings (SSSR count). The number of para-hydroxylation sites is 1. The van der Waals surface area contributed by atoms with Crippen LogP contribution in [0.15, 0.2) is 47.9 Å². The Hall–Kier alpha value is -2.92. The standard InChI is InChI=1S/C25H29ClN4O5S/c1-32-23-18(26)3-2-4-20(23)30-25(36)22-19(6-9-28-24(22)31)29-13-16-5-8-27-14-21(16)35-10-7-17-15-33-11-12-34-17/h2-5,8,14,17,29H,6-7,9-13,15H2,1H3,(H,28,31)(H,30,36). The molecule has 2 aliphatic rings. The fraction of sp³-hybridized carbons (Fsp3) is 0.400. The van der Waals surface area contributed by atoms with Gasteiger partial charge in [0.25, 0.3) is 5.91 Å². The first-order chi connectivity index (χ1) is 17.6. The number of anilines is 1. The first kappa shape index (κ1) is 26.2. The number of aromatic nitrogens is 1. The van der Waals surface area contributed by atoms with Crippen molar-refractivity contribution >= 4 is 40.4 Å². The van der Waals surface area contributed by atoms with Crippen LogP contribution >= 0.6 is 23.8 Å². The zero-order valence-corrected chi connectivity index (χ0v) is 21.5. The minimum atomic E-state index is -0.247. The van der Waals surface area contributed by atoms with E-state index in [9.17, 15) is 4.79 Å². The Balaban J connectivity index is 1.44. The number of pyridine rings is 1. The Bertz CT molecular complexity index is 1120. The number of ether oxygens (including phenoxy) is 4. The Labute approximate surface area is 220 Å². The first-order valence-electron chi connectivity index (χ1n) is 11.7. The predicted molar refractivity (Wildman–Crippen MR) is 141 cm³/mol. The zero-order chi connectivity index (χ0) is 25.3. The number of hydrogen-bond acceptors (Lipinski definition) is 8. The molecule has 11 heteroatoms. The number of methoxy groups -OCH3 is 1. The molecule has 1 unspecified atom stereocenters. The summed E-state index contributed by atoms with van der Waals surface area (Å²) in [6.07, 6.45) is 4.77. The second-order valence-electron chi connectivity index (χ2n) is 8.18. The fourth-order valence-corrected chi connectivity index (χ4v) is 4.54. The Kier molecular flexibility index (Phi) is 9.35. The van der Waals surface area contributed by atoms with Crippen LogP contribution < -0.4 is 25.4 Å². The molecule has 2 aromatic rings. The van der Waals surface area contributed by atoms with Crippen molar-refractivity contribution in [3.8, 4) is 11.5 Å². The summed E-state index contributed by atoms with van der Waals surface area (Å²) in [5.41, 5.74) is 2.62. The minimum absolute atomic E-state index is 0.0390. The van der Waals surface area contributed by atoms with Gasteiger partial charge in [0.1, 0.15) is 10.7 Å². The van der Waals surface area contributed by atoms with E-state index in [0.29, 0.717) is 73.7 Å². The van der Waals surface area contributed by atoms with Crippen LogP contribution in [-0.4, -0.2) is 62.1 Å². The third-order valence-corrected chi connectivity index (χ3v) is 6.38. The van der Waals surface area contributed by atoms with Crippen LogP contribution in [0.2, 0.25) is 5.02 Å². The molecule has 9 nitrogen and oxygen atoms in total. The smallest absolute Gasteiger partial charge is 0.256 e. The maximum atomic E-state index is 12.8. The molecule has 36 heavy (non-hydrogen) atoms. The molecule has 2 aliphatic heterocycles. The zero-order valence-electron chi connectivity index (χ0n) is 20.0. The molecule has 1 aromatic carbocycles. The number of halogens is 1. The molecule has 0 radical (unpaired) electrons. The largest absolute Gasteiger partial charge is 0.493 e. The molecule has 0 bridgehead atoms. The van der Waals surface area contributed by atoms with E-state index >= 15 is 0 Å². The van der Waals surface area contributed by atoms with Crippen molar-refractivity contribution in [1.82, 2.24) is 15.6 Å². The second-order valence-corrected chi connectivity index (χ2v) is 8.99. The van der Waals surface area contributed by atoms with Gasteiger partial charge in [-0.3, -0.25) is 9.78 Å². The topological polar surface area (TPSA) is 103 Å². The second kappa shape index (κ2) is 12.9. The SMILES string of the molecule is COc1c(Cl)cccc1NC(=S)C1=C(NCc2ccncc2OCCC2COCCO2)CCNC1=O. The molecule has 1 atom stereocenters. The average molecular weight is 533 g/mol. The van der Waals surface area contributed by atoms with Gasteiger partial charge in [0, 0.05) is 43.4 Å². The molecule has 3 N–H and O–H groups in total. The lowest BCUT2D eigenvalue weighted by atomic mass is 10.1. The highest BCUT2D eigenvalue weighted by molar-refractivity contribution is 7.81. The molecule has 3 heterocycles. The molecular formula is C25H29ClN4O5S. The van der Waals surface area contributed by atoms with E-state index in [4.69, 9.17) is 42.8 Å². The summed E-state index contributed by atoms with van der Waals surface area (Å²) in [5, 5.41) is 9.80. The molecule has 1 amide bonds. The van der Waals surface area contributed by atoms with E-state index in [-0.39, 0.29) is 17.0 Å². The monoisotopic (exact) mass is 532 g/mol. The van der Waals surface area contributed by atoms with Gasteiger partial charge in [0.05, 0.1) is 62.1 Å². The van der Waals surface area contributed by atoms with Crippen molar-refractivity contribution in [2.45, 2.75) is 25.5 Å². The summed E-state index contributed by atoms with van der Waals surface area (Å²) in [5.74, 6) is 0.883. The summed E-state index contributed by atoms with van der Waals surface area (Å²) in [6.45, 7) is 3.26. The van der Waals surface area contributed by atoms with Crippen molar-refractivity contribution in [2.24, 2.45) is 0 Å². The average Bonchev–Trinajstić information content (AvgIpc) is 2.89. The van der Waals surface area contributed by atoms with Gasteiger partial charge < -0.3 is 34.9 Å². The highest BCUT2D eigenvalue weighted by Gasteiger charge is 2.25. The number of rotatable bonds is 10. The molecule has 192 valence electrons. The maximum Gasteiger partial charge on any atom is 0.256 e. The molecule has 0 spiro atoms. The van der Waals surface area contributed by atoms with Crippen molar-refractivity contribution in [3.05, 3.63) is 58.5 Å². The van der Waals surface area contributed by atoms with Crippen LogP contribution in [0, 0.1) is 0 Å². The summed E-state index contributed by atoms with van der Waals surface area (Å²) < 4.78 is 22.5. The maximum absolute atomic E-state index is 12.8. The third-order valence-electron chi connectivity index (χ3n) is 5.78. The Morgan fingerprint density at radius 3 is 3.03 bits per heavy atom. The number of carbonyl (C=O) groups excluding carboxylic acids is 1. The summed E-state index contributed by atoms with van der Waals surface area (Å²) in [6, 6.07) is 7.18. The van der Waals surface area contributed by atoms with Crippen LogP contribution in [0.25, 0.3) is 0 Å². The number of nitrogens with one attached hydrogen (secondary N) is 3. The number of hydrogen-bond donors (Lipinski definition) is 3. The number of amides is 1. The van der Waals surface area contributed by atoms with E-state index in [1.54, 1.807) is 30.6 Å². The van der Waals surface area contributed by atoms with Gasteiger partial charge in [-0.05, 0) is 18.2 Å². The number of thiocarbonyl (C=S) groups is 1. The van der Waals surface area contributed by atoms with Gasteiger partial charge in [-0.1, -0.05) is 29.9 Å². The quantitative estimate of drug-likeness (QED) is 0.398. The van der Waals surface area contributed by atoms with Gasteiger partial charge in [-0.15, -0.1) is 0 Å². The van der Waals surface area contributed by atoms with Crippen LogP contribution in [0.5, 0.6) is 11.5 Å². The van der Waals surface area contributed by atoms with Crippen molar-refractivity contribution in [2.75, 3.05) is 45.4 Å². The number of nitrogens with zero attached hydrogens (tertiary/aromatic N) is 1. The molecular weight excluding hydrogens is 504 g/mol. The van der Waals surface area contributed by atoms with Gasteiger partial charge in [-0.25, -0.2) is 0 Å². The lowest BCUT2D eigenvalue weighted by Gasteiger charge is -2.24. The van der Waals surface area contributed by atoms with E-state index in [1.807, 2.05) is 6.07 Å². The molecule has 1 fully saturated rings. The van der Waals surface area contributed by atoms with Gasteiger partial charge >= 0.3 is 0 Å². The van der Waals surface area contributed by atoms with E-state index in [1.165, 1.54) is 7.11 Å². The number of carbonyl (C=O) groups is 1. The molecule has 0 aliphatic carbocycles. The van der Waals surface area contributed by atoms with Crippen molar-refractivity contribution in [3.63, 3.8) is 0 Å². The molecule has 0 saturated carbocycles. The lowest BCUT2D eigenvalue weighted by Crippen LogP contribution is -2.39. The van der Waals surface area contributed by atoms with Crippen molar-refractivity contribution < 1.29 is 23.7 Å². The van der Waals surface area contributed by atoms with Crippen LogP contribution in [0.1, 0.15) is 18.4 Å².